The van der Waals surface area contributed by atoms with E-state index in [1.54, 1.807) is 0 Å². The third kappa shape index (κ3) is 3.24. The van der Waals surface area contributed by atoms with Gasteiger partial charge in [-0.2, -0.15) is 0 Å². The lowest BCUT2D eigenvalue weighted by molar-refractivity contribution is 0.634. The second-order valence-corrected chi connectivity index (χ2v) is 6.36. The van der Waals surface area contributed by atoms with Crippen LogP contribution in [0.4, 0.5) is 0 Å². The van der Waals surface area contributed by atoms with Crippen LogP contribution < -0.4 is 11.3 Å². The highest BCUT2D eigenvalue weighted by Gasteiger charge is 2.15. The summed E-state index contributed by atoms with van der Waals surface area (Å²) >= 11 is 11.9. The highest BCUT2D eigenvalue weighted by atomic mass is 127. The molecule has 0 heterocycles. The predicted molar refractivity (Wildman–Crippen MR) is 87.5 cm³/mol. The highest BCUT2D eigenvalue weighted by Crippen LogP contribution is 2.30. The zero-order chi connectivity index (χ0) is 13.1. The van der Waals surface area contributed by atoms with Crippen LogP contribution in [-0.4, -0.2) is 0 Å². The molecular formula is C13H11BrClIN2. The highest BCUT2D eigenvalue weighted by molar-refractivity contribution is 14.1. The molecule has 2 aromatic carbocycles. The summed E-state index contributed by atoms with van der Waals surface area (Å²) in [6, 6.07) is 13.8. The molecule has 0 bridgehead atoms. The van der Waals surface area contributed by atoms with Crippen molar-refractivity contribution in [2.75, 3.05) is 0 Å². The fourth-order valence-electron chi connectivity index (χ4n) is 1.79. The SMILES string of the molecule is NNC(c1cccc(Cl)c1)c1cc(I)ccc1Br. The molecule has 0 saturated carbocycles. The lowest BCUT2D eigenvalue weighted by Gasteiger charge is -2.19. The monoisotopic (exact) mass is 436 g/mol. The number of hydrogen-bond acceptors (Lipinski definition) is 2. The summed E-state index contributed by atoms with van der Waals surface area (Å²) < 4.78 is 2.18. The van der Waals surface area contributed by atoms with Gasteiger partial charge in [0.1, 0.15) is 0 Å². The Labute approximate surface area is 133 Å². The molecular weight excluding hydrogens is 426 g/mol. The van der Waals surface area contributed by atoms with Gasteiger partial charge in [0.2, 0.25) is 0 Å². The molecule has 2 rings (SSSR count). The van der Waals surface area contributed by atoms with E-state index in [-0.39, 0.29) is 6.04 Å². The maximum absolute atomic E-state index is 6.02. The van der Waals surface area contributed by atoms with Crippen LogP contribution in [0.25, 0.3) is 0 Å². The van der Waals surface area contributed by atoms with Gasteiger partial charge in [0.15, 0.2) is 0 Å². The summed E-state index contributed by atoms with van der Waals surface area (Å²) in [7, 11) is 0. The van der Waals surface area contributed by atoms with Gasteiger partial charge in [-0.25, -0.2) is 5.43 Å². The molecule has 2 nitrogen and oxygen atoms in total. The molecule has 3 N–H and O–H groups in total. The summed E-state index contributed by atoms with van der Waals surface area (Å²) in [5, 5.41) is 0.703. The first-order valence-corrected chi connectivity index (χ1v) is 7.53. The lowest BCUT2D eigenvalue weighted by Crippen LogP contribution is -2.29. The van der Waals surface area contributed by atoms with Crippen molar-refractivity contribution in [1.82, 2.24) is 5.43 Å². The van der Waals surface area contributed by atoms with Crippen LogP contribution in [0.2, 0.25) is 5.02 Å². The minimum atomic E-state index is -0.0900. The molecule has 0 aliphatic rings. The Morgan fingerprint density at radius 3 is 2.67 bits per heavy atom. The summed E-state index contributed by atoms with van der Waals surface area (Å²) in [5.74, 6) is 5.69. The van der Waals surface area contributed by atoms with Crippen molar-refractivity contribution in [2.24, 2.45) is 5.84 Å². The first-order valence-electron chi connectivity index (χ1n) is 5.28. The van der Waals surface area contributed by atoms with E-state index in [9.17, 15) is 0 Å². The van der Waals surface area contributed by atoms with Gasteiger partial charge in [0, 0.05) is 13.1 Å². The molecule has 0 spiro atoms. The van der Waals surface area contributed by atoms with E-state index in [0.29, 0.717) is 5.02 Å². The fraction of sp³-hybridized carbons (Fsp3) is 0.0769. The molecule has 0 amide bonds. The van der Waals surface area contributed by atoms with Gasteiger partial charge in [-0.05, 0) is 64.0 Å². The zero-order valence-corrected chi connectivity index (χ0v) is 13.8. The quantitative estimate of drug-likeness (QED) is 0.428. The Morgan fingerprint density at radius 2 is 2.00 bits per heavy atom. The van der Waals surface area contributed by atoms with Gasteiger partial charge >= 0.3 is 0 Å². The number of nitrogens with two attached hydrogens (primary N) is 1. The van der Waals surface area contributed by atoms with Gasteiger partial charge in [-0.15, -0.1) is 0 Å². The lowest BCUT2D eigenvalue weighted by atomic mass is 9.99. The van der Waals surface area contributed by atoms with Crippen molar-refractivity contribution in [3.63, 3.8) is 0 Å². The van der Waals surface area contributed by atoms with Crippen molar-refractivity contribution < 1.29 is 0 Å². The zero-order valence-electron chi connectivity index (χ0n) is 9.33. The van der Waals surface area contributed by atoms with Crippen LogP contribution in [-0.2, 0) is 0 Å². The number of benzene rings is 2. The Balaban J connectivity index is 2.48. The third-order valence-electron chi connectivity index (χ3n) is 2.62. The molecule has 5 heteroatoms. The van der Waals surface area contributed by atoms with Gasteiger partial charge in [-0.3, -0.25) is 5.84 Å². The molecule has 2 aromatic rings. The largest absolute Gasteiger partial charge is 0.271 e. The molecule has 1 unspecified atom stereocenters. The summed E-state index contributed by atoms with van der Waals surface area (Å²) in [5.41, 5.74) is 4.96. The van der Waals surface area contributed by atoms with Crippen molar-refractivity contribution in [1.29, 1.82) is 0 Å². The normalized spacial score (nSPS) is 12.4. The smallest absolute Gasteiger partial charge is 0.0721 e. The average Bonchev–Trinajstić information content (AvgIpc) is 2.35. The first-order chi connectivity index (χ1) is 8.61. The van der Waals surface area contributed by atoms with E-state index in [0.717, 1.165) is 19.2 Å². The fourth-order valence-corrected chi connectivity index (χ4v) is 2.98. The van der Waals surface area contributed by atoms with Crippen LogP contribution in [0.5, 0.6) is 0 Å². The Bertz CT molecular complexity index is 562. The standard InChI is InChI=1S/C13H11BrClIN2/c14-12-5-4-10(16)7-11(12)13(18-17)8-2-1-3-9(15)6-8/h1-7,13,18H,17H2. The van der Waals surface area contributed by atoms with E-state index in [1.807, 2.05) is 36.4 Å². The molecule has 0 aliphatic carbocycles. The molecule has 0 aromatic heterocycles. The minimum absolute atomic E-state index is 0.0900. The minimum Gasteiger partial charge on any atom is -0.271 e. The Hall–Kier alpha value is -0.140. The number of nitrogens with one attached hydrogen (secondary N) is 1. The molecule has 94 valence electrons. The number of hydrazine groups is 1. The number of rotatable bonds is 3. The van der Waals surface area contributed by atoms with Crippen LogP contribution >= 0.6 is 50.1 Å². The maximum atomic E-state index is 6.02. The van der Waals surface area contributed by atoms with E-state index in [1.165, 1.54) is 0 Å². The maximum Gasteiger partial charge on any atom is 0.0721 e. The van der Waals surface area contributed by atoms with E-state index >= 15 is 0 Å². The number of halogens is 3. The molecule has 0 aliphatic heterocycles. The van der Waals surface area contributed by atoms with E-state index in [4.69, 9.17) is 17.4 Å². The van der Waals surface area contributed by atoms with Crippen LogP contribution in [0.15, 0.2) is 46.9 Å². The van der Waals surface area contributed by atoms with Crippen LogP contribution in [0, 0.1) is 3.57 Å². The van der Waals surface area contributed by atoms with Crippen LogP contribution in [0.3, 0.4) is 0 Å². The summed E-state index contributed by atoms with van der Waals surface area (Å²) in [6.45, 7) is 0. The molecule has 0 saturated heterocycles. The van der Waals surface area contributed by atoms with Crippen molar-refractivity contribution in [3.8, 4) is 0 Å². The van der Waals surface area contributed by atoms with Crippen LogP contribution in [0.1, 0.15) is 17.2 Å². The predicted octanol–water partition coefficient (Wildman–Crippen LogP) is 4.26. The number of hydrogen-bond donors (Lipinski definition) is 2. The van der Waals surface area contributed by atoms with E-state index in [2.05, 4.69) is 50.0 Å². The van der Waals surface area contributed by atoms with Crippen molar-refractivity contribution in [3.05, 3.63) is 66.7 Å². The molecule has 0 fully saturated rings. The van der Waals surface area contributed by atoms with Gasteiger partial charge < -0.3 is 0 Å². The topological polar surface area (TPSA) is 38.0 Å². The first kappa shape index (κ1) is 14.3. The Morgan fingerprint density at radius 1 is 1.22 bits per heavy atom. The average molecular weight is 438 g/mol. The van der Waals surface area contributed by atoms with Crippen molar-refractivity contribution in [2.45, 2.75) is 6.04 Å². The molecule has 0 radical (unpaired) electrons. The van der Waals surface area contributed by atoms with Gasteiger partial charge in [0.05, 0.1) is 6.04 Å². The van der Waals surface area contributed by atoms with E-state index < -0.39 is 0 Å². The Kier molecular flexibility index (Phi) is 5.03. The summed E-state index contributed by atoms with van der Waals surface area (Å²) in [6.07, 6.45) is 0. The third-order valence-corrected chi connectivity index (χ3v) is 4.25. The second kappa shape index (κ2) is 6.34. The summed E-state index contributed by atoms with van der Waals surface area (Å²) in [4.78, 5) is 0. The molecule has 18 heavy (non-hydrogen) atoms. The second-order valence-electron chi connectivity index (χ2n) is 3.82. The van der Waals surface area contributed by atoms with Gasteiger partial charge in [-0.1, -0.05) is 39.7 Å². The molecule has 1 atom stereocenters. The van der Waals surface area contributed by atoms with Crippen molar-refractivity contribution >= 4 is 50.1 Å². The van der Waals surface area contributed by atoms with Gasteiger partial charge in [0.25, 0.3) is 0 Å².